The number of benzene rings is 2. The van der Waals surface area contributed by atoms with Crippen LogP contribution in [-0.2, 0) is 0 Å². The highest BCUT2D eigenvalue weighted by atomic mass is 16.3. The number of rotatable bonds is 1. The minimum Gasteiger partial charge on any atom is -0.508 e. The SMILES string of the molecule is C=C.CC(C)c1ccc2ccc(O)cc2c1. The average Bonchev–Trinajstić information content (AvgIpc) is 2.30. The molecule has 1 nitrogen and oxygen atoms in total. The summed E-state index contributed by atoms with van der Waals surface area (Å²) in [6.45, 7) is 10.3. The maximum Gasteiger partial charge on any atom is 0.116 e. The van der Waals surface area contributed by atoms with Crippen LogP contribution in [0.25, 0.3) is 10.8 Å². The van der Waals surface area contributed by atoms with Crippen molar-refractivity contribution >= 4 is 10.8 Å². The van der Waals surface area contributed by atoms with E-state index in [2.05, 4.69) is 45.2 Å². The summed E-state index contributed by atoms with van der Waals surface area (Å²) in [6, 6.07) is 11.8. The van der Waals surface area contributed by atoms with Gasteiger partial charge < -0.3 is 5.11 Å². The summed E-state index contributed by atoms with van der Waals surface area (Å²) in [5, 5.41) is 11.6. The quantitative estimate of drug-likeness (QED) is 0.694. The molecule has 1 N–H and O–H groups in total. The Hall–Kier alpha value is -1.76. The summed E-state index contributed by atoms with van der Waals surface area (Å²) in [5.41, 5.74) is 1.31. The lowest BCUT2D eigenvalue weighted by Crippen LogP contribution is -1.86. The highest BCUT2D eigenvalue weighted by Crippen LogP contribution is 2.24. The summed E-state index contributed by atoms with van der Waals surface area (Å²) in [4.78, 5) is 0. The standard InChI is InChI=1S/C13H14O.C2H4/c1-9(2)11-4-3-10-5-6-13(14)8-12(10)7-11;1-2/h3-9,14H,1-2H3;1-2H2. The van der Waals surface area contributed by atoms with Gasteiger partial charge in [0.1, 0.15) is 5.75 Å². The van der Waals surface area contributed by atoms with E-state index in [0.29, 0.717) is 11.7 Å². The molecule has 0 spiro atoms. The van der Waals surface area contributed by atoms with Gasteiger partial charge in [-0.05, 0) is 34.4 Å². The van der Waals surface area contributed by atoms with Gasteiger partial charge in [0.2, 0.25) is 0 Å². The molecule has 2 aromatic carbocycles. The third-order valence-electron chi connectivity index (χ3n) is 2.51. The fourth-order valence-electron chi connectivity index (χ4n) is 1.61. The van der Waals surface area contributed by atoms with Crippen LogP contribution in [0.15, 0.2) is 49.6 Å². The predicted molar refractivity (Wildman–Crippen MR) is 71.0 cm³/mol. The smallest absolute Gasteiger partial charge is 0.116 e. The number of phenols is 1. The number of hydrogen-bond acceptors (Lipinski definition) is 1. The Labute approximate surface area is 97.0 Å². The van der Waals surface area contributed by atoms with Crippen LogP contribution < -0.4 is 0 Å². The first kappa shape index (κ1) is 12.3. The summed E-state index contributed by atoms with van der Waals surface area (Å²) in [6.07, 6.45) is 0. The van der Waals surface area contributed by atoms with Gasteiger partial charge in [-0.15, -0.1) is 13.2 Å². The highest BCUT2D eigenvalue weighted by molar-refractivity contribution is 5.84. The predicted octanol–water partition coefficient (Wildman–Crippen LogP) is 4.47. The molecule has 16 heavy (non-hydrogen) atoms. The summed E-state index contributed by atoms with van der Waals surface area (Å²) in [5.74, 6) is 0.861. The van der Waals surface area contributed by atoms with E-state index in [0.717, 1.165) is 5.39 Å². The molecule has 1 heteroatoms. The van der Waals surface area contributed by atoms with E-state index in [4.69, 9.17) is 0 Å². The van der Waals surface area contributed by atoms with Gasteiger partial charge in [0.05, 0.1) is 0 Å². The largest absolute Gasteiger partial charge is 0.508 e. The van der Waals surface area contributed by atoms with Crippen molar-refractivity contribution in [2.75, 3.05) is 0 Å². The Balaban J connectivity index is 0.000000606. The van der Waals surface area contributed by atoms with Crippen LogP contribution in [-0.4, -0.2) is 5.11 Å². The Morgan fingerprint density at radius 1 is 0.938 bits per heavy atom. The molecule has 0 radical (unpaired) electrons. The van der Waals surface area contributed by atoms with Crippen molar-refractivity contribution in [3.63, 3.8) is 0 Å². The van der Waals surface area contributed by atoms with Crippen LogP contribution in [0.3, 0.4) is 0 Å². The monoisotopic (exact) mass is 214 g/mol. The molecule has 0 atom stereocenters. The van der Waals surface area contributed by atoms with Crippen LogP contribution >= 0.6 is 0 Å². The first-order valence-corrected chi connectivity index (χ1v) is 5.39. The van der Waals surface area contributed by atoms with Gasteiger partial charge in [-0.1, -0.05) is 38.1 Å². The third kappa shape index (κ3) is 2.63. The Kier molecular flexibility index (Phi) is 4.12. The maximum atomic E-state index is 9.36. The molecule has 84 valence electrons. The van der Waals surface area contributed by atoms with Gasteiger partial charge in [0.25, 0.3) is 0 Å². The number of aromatic hydroxyl groups is 1. The second-order valence-corrected chi connectivity index (χ2v) is 3.95. The first-order chi connectivity index (χ1) is 7.66. The maximum absolute atomic E-state index is 9.36. The van der Waals surface area contributed by atoms with Crippen molar-refractivity contribution in [1.29, 1.82) is 0 Å². The molecule has 0 aromatic heterocycles. The van der Waals surface area contributed by atoms with Crippen molar-refractivity contribution in [1.82, 2.24) is 0 Å². The van der Waals surface area contributed by atoms with Crippen molar-refractivity contribution in [2.45, 2.75) is 19.8 Å². The molecule has 0 bridgehead atoms. The van der Waals surface area contributed by atoms with Gasteiger partial charge in [0.15, 0.2) is 0 Å². The van der Waals surface area contributed by atoms with Gasteiger partial charge in [-0.25, -0.2) is 0 Å². The van der Waals surface area contributed by atoms with Crippen molar-refractivity contribution < 1.29 is 5.11 Å². The van der Waals surface area contributed by atoms with E-state index >= 15 is 0 Å². The van der Waals surface area contributed by atoms with Gasteiger partial charge in [-0.3, -0.25) is 0 Å². The van der Waals surface area contributed by atoms with Crippen LogP contribution in [0, 0.1) is 0 Å². The number of fused-ring (bicyclic) bond motifs is 1. The number of hydrogen-bond donors (Lipinski definition) is 1. The number of phenolic OH excluding ortho intramolecular Hbond substituents is 1. The summed E-state index contributed by atoms with van der Waals surface area (Å²) < 4.78 is 0. The van der Waals surface area contributed by atoms with E-state index < -0.39 is 0 Å². The van der Waals surface area contributed by atoms with E-state index in [-0.39, 0.29) is 0 Å². The highest BCUT2D eigenvalue weighted by Gasteiger charge is 2.00. The van der Waals surface area contributed by atoms with Crippen molar-refractivity contribution in [2.24, 2.45) is 0 Å². The van der Waals surface area contributed by atoms with Gasteiger partial charge in [-0.2, -0.15) is 0 Å². The van der Waals surface area contributed by atoms with E-state index in [1.54, 1.807) is 12.1 Å². The lowest BCUT2D eigenvalue weighted by molar-refractivity contribution is 0.476. The molecule has 0 amide bonds. The van der Waals surface area contributed by atoms with Gasteiger partial charge >= 0.3 is 0 Å². The van der Waals surface area contributed by atoms with E-state index in [1.165, 1.54) is 10.9 Å². The first-order valence-electron chi connectivity index (χ1n) is 5.39. The van der Waals surface area contributed by atoms with Crippen molar-refractivity contribution in [3.8, 4) is 5.75 Å². The lowest BCUT2D eigenvalue weighted by atomic mass is 9.99. The molecular formula is C15H18O. The molecule has 0 fully saturated rings. The zero-order valence-electron chi connectivity index (χ0n) is 9.90. The molecule has 2 aromatic rings. The average molecular weight is 214 g/mol. The molecule has 0 aliphatic rings. The van der Waals surface area contributed by atoms with Gasteiger partial charge in [0, 0.05) is 0 Å². The van der Waals surface area contributed by atoms with Crippen molar-refractivity contribution in [3.05, 3.63) is 55.1 Å². The molecule has 2 rings (SSSR count). The molecule has 0 heterocycles. The third-order valence-corrected chi connectivity index (χ3v) is 2.51. The zero-order valence-corrected chi connectivity index (χ0v) is 9.90. The molecule has 0 aliphatic carbocycles. The second kappa shape index (κ2) is 5.36. The molecule has 0 aliphatic heterocycles. The van der Waals surface area contributed by atoms with Crippen LogP contribution in [0.1, 0.15) is 25.3 Å². The Morgan fingerprint density at radius 2 is 1.56 bits per heavy atom. The summed E-state index contributed by atoms with van der Waals surface area (Å²) in [7, 11) is 0. The minimum atomic E-state index is 0.332. The fraction of sp³-hybridized carbons (Fsp3) is 0.200. The molecule has 0 saturated heterocycles. The van der Waals surface area contributed by atoms with Crippen LogP contribution in [0.5, 0.6) is 5.75 Å². The normalized spacial score (nSPS) is 9.94. The minimum absolute atomic E-state index is 0.332. The lowest BCUT2D eigenvalue weighted by Gasteiger charge is -2.06. The topological polar surface area (TPSA) is 20.2 Å². The Morgan fingerprint density at radius 3 is 2.19 bits per heavy atom. The molecular weight excluding hydrogens is 196 g/mol. The van der Waals surface area contributed by atoms with E-state index in [9.17, 15) is 5.11 Å². The Bertz CT molecular complexity index is 472. The second-order valence-electron chi connectivity index (χ2n) is 3.95. The van der Waals surface area contributed by atoms with Crippen LogP contribution in [0.2, 0.25) is 0 Å². The van der Waals surface area contributed by atoms with E-state index in [1.807, 2.05) is 6.07 Å². The van der Waals surface area contributed by atoms with Crippen LogP contribution in [0.4, 0.5) is 0 Å². The fourth-order valence-corrected chi connectivity index (χ4v) is 1.61. The molecule has 0 unspecified atom stereocenters. The molecule has 0 saturated carbocycles. The zero-order chi connectivity index (χ0) is 12.1. The summed E-state index contributed by atoms with van der Waals surface area (Å²) >= 11 is 0.